The fraction of sp³-hybridized carbons (Fsp3) is 0.235. The van der Waals surface area contributed by atoms with Crippen LogP contribution in [0.15, 0.2) is 48.5 Å². The maximum atomic E-state index is 11.4. The number of phenols is 2. The van der Waals surface area contributed by atoms with Crippen molar-refractivity contribution in [1.82, 2.24) is 5.32 Å². The minimum Gasteiger partial charge on any atom is -0.508 e. The van der Waals surface area contributed by atoms with Gasteiger partial charge >= 0.3 is 5.97 Å². The molecule has 0 spiro atoms. The Labute approximate surface area is 128 Å². The summed E-state index contributed by atoms with van der Waals surface area (Å²) in [6.45, 7) is 1.81. The molecule has 2 unspecified atom stereocenters. The summed E-state index contributed by atoms with van der Waals surface area (Å²) in [4.78, 5) is 11.4. The molecule has 0 radical (unpaired) electrons. The van der Waals surface area contributed by atoms with Crippen LogP contribution in [-0.2, 0) is 11.2 Å². The fourth-order valence-electron chi connectivity index (χ4n) is 2.33. The van der Waals surface area contributed by atoms with Crippen molar-refractivity contribution in [1.29, 1.82) is 0 Å². The lowest BCUT2D eigenvalue weighted by Crippen LogP contribution is -2.40. The first-order valence-corrected chi connectivity index (χ1v) is 7.02. The van der Waals surface area contributed by atoms with Gasteiger partial charge in [0.15, 0.2) is 0 Å². The van der Waals surface area contributed by atoms with Crippen LogP contribution >= 0.6 is 0 Å². The molecule has 0 aliphatic rings. The summed E-state index contributed by atoms with van der Waals surface area (Å²) in [6, 6.07) is 12.2. The Kier molecular flexibility index (Phi) is 5.01. The molecular formula is C17H19NO4. The van der Waals surface area contributed by atoms with Gasteiger partial charge in [0.25, 0.3) is 0 Å². The van der Waals surface area contributed by atoms with E-state index in [2.05, 4.69) is 5.32 Å². The largest absolute Gasteiger partial charge is 0.508 e. The summed E-state index contributed by atoms with van der Waals surface area (Å²) in [5.74, 6) is -0.683. The number of aromatic hydroxyl groups is 2. The molecule has 2 aromatic rings. The first-order valence-electron chi connectivity index (χ1n) is 7.02. The Morgan fingerprint density at radius 2 is 1.73 bits per heavy atom. The van der Waals surface area contributed by atoms with Crippen LogP contribution in [0.1, 0.15) is 24.1 Å². The molecule has 0 saturated heterocycles. The topological polar surface area (TPSA) is 89.8 Å². The van der Waals surface area contributed by atoms with Crippen LogP contribution in [0.25, 0.3) is 0 Å². The predicted octanol–water partition coefficient (Wildman–Crippen LogP) is 2.44. The van der Waals surface area contributed by atoms with Gasteiger partial charge in [-0.05, 0) is 37.1 Å². The van der Waals surface area contributed by atoms with E-state index in [-0.39, 0.29) is 24.0 Å². The number of hydrogen-bond donors (Lipinski definition) is 4. The highest BCUT2D eigenvalue weighted by atomic mass is 16.4. The van der Waals surface area contributed by atoms with Crippen LogP contribution in [0.5, 0.6) is 11.5 Å². The molecule has 116 valence electrons. The van der Waals surface area contributed by atoms with Crippen molar-refractivity contribution >= 4 is 5.97 Å². The van der Waals surface area contributed by atoms with Crippen molar-refractivity contribution in [2.75, 3.05) is 0 Å². The third-order valence-electron chi connectivity index (χ3n) is 3.53. The van der Waals surface area contributed by atoms with Crippen molar-refractivity contribution in [3.05, 3.63) is 59.7 Å². The molecule has 0 saturated carbocycles. The van der Waals surface area contributed by atoms with E-state index in [1.54, 1.807) is 36.4 Å². The van der Waals surface area contributed by atoms with E-state index >= 15 is 0 Å². The van der Waals surface area contributed by atoms with Crippen LogP contribution in [-0.4, -0.2) is 27.3 Å². The molecule has 0 amide bonds. The third-order valence-corrected chi connectivity index (χ3v) is 3.53. The minimum atomic E-state index is -0.963. The van der Waals surface area contributed by atoms with Crippen molar-refractivity contribution in [3.63, 3.8) is 0 Å². The fourth-order valence-corrected chi connectivity index (χ4v) is 2.33. The zero-order chi connectivity index (χ0) is 16.1. The molecule has 0 fully saturated rings. The molecule has 4 N–H and O–H groups in total. The molecule has 5 nitrogen and oxygen atoms in total. The number of phenolic OH excluding ortho intramolecular Hbond substituents is 2. The molecule has 2 aromatic carbocycles. The Balaban J connectivity index is 2.10. The number of carboxylic acids is 1. The number of carboxylic acid groups (broad SMARTS) is 1. The summed E-state index contributed by atoms with van der Waals surface area (Å²) in [5, 5.41) is 31.5. The zero-order valence-electron chi connectivity index (χ0n) is 12.2. The van der Waals surface area contributed by atoms with Crippen molar-refractivity contribution in [3.8, 4) is 11.5 Å². The second-order valence-electron chi connectivity index (χ2n) is 5.21. The normalized spacial score (nSPS) is 13.5. The number of nitrogens with one attached hydrogen (secondary N) is 1. The molecule has 2 rings (SSSR count). The molecule has 0 heterocycles. The van der Waals surface area contributed by atoms with E-state index in [1.807, 2.05) is 6.92 Å². The third kappa shape index (κ3) is 3.99. The zero-order valence-corrected chi connectivity index (χ0v) is 12.2. The number of para-hydroxylation sites is 1. The van der Waals surface area contributed by atoms with Crippen LogP contribution in [0.4, 0.5) is 0 Å². The second-order valence-corrected chi connectivity index (χ2v) is 5.21. The number of carbonyl (C=O) groups is 1. The van der Waals surface area contributed by atoms with E-state index in [0.717, 1.165) is 5.56 Å². The van der Waals surface area contributed by atoms with E-state index in [9.17, 15) is 20.1 Å². The average Bonchev–Trinajstić information content (AvgIpc) is 2.49. The van der Waals surface area contributed by atoms with E-state index in [0.29, 0.717) is 5.56 Å². The standard InChI is InChI=1S/C17H19NO4/c1-11(14-4-2-3-5-16(14)20)18-15(17(21)22)10-12-6-8-13(19)9-7-12/h2-9,11,15,18-20H,10H2,1H3,(H,21,22). The molecule has 0 bridgehead atoms. The Bertz CT molecular complexity index is 639. The maximum absolute atomic E-state index is 11.4. The monoisotopic (exact) mass is 301 g/mol. The first kappa shape index (κ1) is 15.9. The summed E-state index contributed by atoms with van der Waals surface area (Å²) >= 11 is 0. The summed E-state index contributed by atoms with van der Waals surface area (Å²) in [5.41, 5.74) is 1.46. The Morgan fingerprint density at radius 1 is 1.09 bits per heavy atom. The molecular weight excluding hydrogens is 282 g/mol. The lowest BCUT2D eigenvalue weighted by molar-refractivity contribution is -0.139. The maximum Gasteiger partial charge on any atom is 0.321 e. The van der Waals surface area contributed by atoms with Crippen molar-refractivity contribution in [2.24, 2.45) is 0 Å². The Morgan fingerprint density at radius 3 is 2.32 bits per heavy atom. The van der Waals surface area contributed by atoms with Gasteiger partial charge in [-0.3, -0.25) is 10.1 Å². The molecule has 0 aliphatic carbocycles. The highest BCUT2D eigenvalue weighted by Crippen LogP contribution is 2.24. The van der Waals surface area contributed by atoms with Gasteiger partial charge in [0.05, 0.1) is 0 Å². The number of benzene rings is 2. The molecule has 2 atom stereocenters. The van der Waals surface area contributed by atoms with Gasteiger partial charge < -0.3 is 15.3 Å². The van der Waals surface area contributed by atoms with Gasteiger partial charge in [-0.1, -0.05) is 30.3 Å². The highest BCUT2D eigenvalue weighted by molar-refractivity contribution is 5.74. The molecule has 5 heteroatoms. The van der Waals surface area contributed by atoms with Crippen molar-refractivity contribution in [2.45, 2.75) is 25.4 Å². The number of aliphatic carboxylic acids is 1. The van der Waals surface area contributed by atoms with E-state index in [1.165, 1.54) is 12.1 Å². The average molecular weight is 301 g/mol. The lowest BCUT2D eigenvalue weighted by atomic mass is 10.0. The number of rotatable bonds is 6. The van der Waals surface area contributed by atoms with Crippen LogP contribution in [0.2, 0.25) is 0 Å². The van der Waals surface area contributed by atoms with E-state index < -0.39 is 12.0 Å². The highest BCUT2D eigenvalue weighted by Gasteiger charge is 2.21. The minimum absolute atomic E-state index is 0.135. The quantitative estimate of drug-likeness (QED) is 0.658. The van der Waals surface area contributed by atoms with Gasteiger partial charge in [0, 0.05) is 11.6 Å². The van der Waals surface area contributed by atoms with Gasteiger partial charge in [0.1, 0.15) is 17.5 Å². The SMILES string of the molecule is CC(NC(Cc1ccc(O)cc1)C(=O)O)c1ccccc1O. The first-order chi connectivity index (χ1) is 10.5. The molecule has 0 aromatic heterocycles. The van der Waals surface area contributed by atoms with Crippen LogP contribution in [0, 0.1) is 0 Å². The Hall–Kier alpha value is -2.53. The van der Waals surface area contributed by atoms with Gasteiger partial charge in [-0.2, -0.15) is 0 Å². The van der Waals surface area contributed by atoms with Gasteiger partial charge in [-0.15, -0.1) is 0 Å². The van der Waals surface area contributed by atoms with Crippen LogP contribution < -0.4 is 5.32 Å². The predicted molar refractivity (Wildman–Crippen MR) is 82.9 cm³/mol. The summed E-state index contributed by atoms with van der Waals surface area (Å²) in [6.07, 6.45) is 0.285. The van der Waals surface area contributed by atoms with Crippen molar-refractivity contribution < 1.29 is 20.1 Å². The van der Waals surface area contributed by atoms with Gasteiger partial charge in [0.2, 0.25) is 0 Å². The summed E-state index contributed by atoms with van der Waals surface area (Å²) in [7, 11) is 0. The molecule has 22 heavy (non-hydrogen) atoms. The smallest absolute Gasteiger partial charge is 0.321 e. The second kappa shape index (κ2) is 6.95. The van der Waals surface area contributed by atoms with Gasteiger partial charge in [-0.25, -0.2) is 0 Å². The summed E-state index contributed by atoms with van der Waals surface area (Å²) < 4.78 is 0. The number of hydrogen-bond acceptors (Lipinski definition) is 4. The van der Waals surface area contributed by atoms with Crippen LogP contribution in [0.3, 0.4) is 0 Å². The molecule has 0 aliphatic heterocycles. The lowest BCUT2D eigenvalue weighted by Gasteiger charge is -2.21. The van der Waals surface area contributed by atoms with E-state index in [4.69, 9.17) is 0 Å².